The van der Waals surface area contributed by atoms with E-state index >= 15 is 0 Å². The average molecular weight is 269 g/mol. The van der Waals surface area contributed by atoms with Crippen molar-refractivity contribution in [3.8, 4) is 5.75 Å². The van der Waals surface area contributed by atoms with Crippen LogP contribution in [0.1, 0.15) is 13.3 Å². The van der Waals surface area contributed by atoms with Gasteiger partial charge in [-0.3, -0.25) is 9.59 Å². The number of nitrogens with one attached hydrogen (secondary N) is 1. The van der Waals surface area contributed by atoms with E-state index in [4.69, 9.17) is 9.84 Å². The average Bonchev–Trinajstić information content (AvgIpc) is 2.36. The molecule has 0 radical (unpaired) electrons. The molecule has 0 aliphatic carbocycles. The van der Waals surface area contributed by atoms with E-state index in [-0.39, 0.29) is 24.8 Å². The van der Waals surface area contributed by atoms with Crippen LogP contribution in [-0.4, -0.2) is 30.1 Å². The van der Waals surface area contributed by atoms with Crippen LogP contribution in [0.5, 0.6) is 5.75 Å². The summed E-state index contributed by atoms with van der Waals surface area (Å²) in [7, 11) is 0. The molecule has 0 saturated heterocycles. The van der Waals surface area contributed by atoms with Crippen LogP contribution >= 0.6 is 0 Å². The minimum atomic E-state index is -0.898. The quantitative estimate of drug-likeness (QED) is 0.785. The van der Waals surface area contributed by atoms with Gasteiger partial charge in [-0.15, -0.1) is 0 Å². The second-order valence-corrected chi connectivity index (χ2v) is 4.12. The number of hydrogen-bond acceptors (Lipinski definition) is 3. The van der Waals surface area contributed by atoms with Crippen LogP contribution in [-0.2, 0) is 9.59 Å². The van der Waals surface area contributed by atoms with Crippen LogP contribution in [0.25, 0.3) is 0 Å². The molecular formula is C13H16FNO4. The number of carbonyl (C=O) groups excluding carboxylic acids is 1. The Bertz CT molecular complexity index is 450. The van der Waals surface area contributed by atoms with Gasteiger partial charge in [0.15, 0.2) is 6.61 Å². The van der Waals surface area contributed by atoms with Crippen molar-refractivity contribution >= 4 is 11.9 Å². The van der Waals surface area contributed by atoms with E-state index in [1.54, 1.807) is 13.0 Å². The highest BCUT2D eigenvalue weighted by molar-refractivity contribution is 5.77. The van der Waals surface area contributed by atoms with Gasteiger partial charge in [-0.05, 0) is 18.6 Å². The highest BCUT2D eigenvalue weighted by Crippen LogP contribution is 2.11. The second-order valence-electron chi connectivity index (χ2n) is 4.12. The lowest BCUT2D eigenvalue weighted by Crippen LogP contribution is -2.31. The molecular weight excluding hydrogens is 253 g/mol. The van der Waals surface area contributed by atoms with Crippen molar-refractivity contribution in [2.75, 3.05) is 13.2 Å². The fourth-order valence-electron chi connectivity index (χ4n) is 1.31. The third-order valence-electron chi connectivity index (χ3n) is 2.49. The number of halogens is 1. The first kappa shape index (κ1) is 14.9. The highest BCUT2D eigenvalue weighted by Gasteiger charge is 2.11. The molecule has 6 heteroatoms. The Balaban J connectivity index is 2.23. The summed E-state index contributed by atoms with van der Waals surface area (Å²) in [5.41, 5.74) is 0. The van der Waals surface area contributed by atoms with Crippen molar-refractivity contribution in [1.29, 1.82) is 0 Å². The molecule has 1 atom stereocenters. The van der Waals surface area contributed by atoms with E-state index in [0.29, 0.717) is 6.42 Å². The van der Waals surface area contributed by atoms with Gasteiger partial charge >= 0.3 is 5.97 Å². The third-order valence-corrected chi connectivity index (χ3v) is 2.49. The molecule has 0 bridgehead atoms. The molecule has 0 aromatic heterocycles. The fourth-order valence-corrected chi connectivity index (χ4v) is 1.31. The van der Waals surface area contributed by atoms with E-state index < -0.39 is 17.7 Å². The van der Waals surface area contributed by atoms with Crippen molar-refractivity contribution in [2.24, 2.45) is 5.92 Å². The molecule has 1 unspecified atom stereocenters. The Morgan fingerprint density at radius 2 is 2.21 bits per heavy atom. The molecule has 0 aliphatic rings. The minimum absolute atomic E-state index is 0.231. The monoisotopic (exact) mass is 269 g/mol. The van der Waals surface area contributed by atoms with Gasteiger partial charge in [0.1, 0.15) is 11.6 Å². The number of benzene rings is 1. The fraction of sp³-hybridized carbons (Fsp3) is 0.385. The van der Waals surface area contributed by atoms with Gasteiger partial charge in [0.25, 0.3) is 5.91 Å². The van der Waals surface area contributed by atoms with Gasteiger partial charge in [-0.1, -0.05) is 13.0 Å². The van der Waals surface area contributed by atoms with E-state index in [1.165, 1.54) is 18.2 Å². The molecule has 1 amide bonds. The highest BCUT2D eigenvalue weighted by atomic mass is 19.1. The predicted molar refractivity (Wildman–Crippen MR) is 66.3 cm³/mol. The normalized spacial score (nSPS) is 11.7. The molecule has 5 nitrogen and oxygen atoms in total. The molecule has 19 heavy (non-hydrogen) atoms. The first-order chi connectivity index (χ1) is 8.99. The minimum Gasteiger partial charge on any atom is -0.484 e. The molecule has 0 saturated carbocycles. The summed E-state index contributed by atoms with van der Waals surface area (Å²) in [5.74, 6) is -1.95. The SMILES string of the molecule is CC(CCNC(=O)COc1cccc(F)c1)C(=O)O. The Hall–Kier alpha value is -2.11. The molecule has 1 aromatic rings. The van der Waals surface area contributed by atoms with Crippen molar-refractivity contribution < 1.29 is 23.8 Å². The molecule has 0 aliphatic heterocycles. The number of carbonyl (C=O) groups is 2. The summed E-state index contributed by atoms with van der Waals surface area (Å²) in [6, 6.07) is 5.49. The number of aliphatic carboxylic acids is 1. The van der Waals surface area contributed by atoms with Crippen LogP contribution in [0.15, 0.2) is 24.3 Å². The lowest BCUT2D eigenvalue weighted by molar-refractivity contribution is -0.141. The lowest BCUT2D eigenvalue weighted by Gasteiger charge is -2.09. The van der Waals surface area contributed by atoms with Crippen molar-refractivity contribution in [2.45, 2.75) is 13.3 Å². The lowest BCUT2D eigenvalue weighted by atomic mass is 10.1. The summed E-state index contributed by atoms with van der Waals surface area (Å²) in [4.78, 5) is 21.9. The van der Waals surface area contributed by atoms with E-state index in [2.05, 4.69) is 5.32 Å². The van der Waals surface area contributed by atoms with Gasteiger partial charge in [0.2, 0.25) is 0 Å². The zero-order valence-electron chi connectivity index (χ0n) is 10.6. The molecule has 1 aromatic carbocycles. The predicted octanol–water partition coefficient (Wildman–Crippen LogP) is 1.43. The summed E-state index contributed by atoms with van der Waals surface area (Å²) < 4.78 is 17.9. The zero-order valence-corrected chi connectivity index (χ0v) is 10.6. The maximum absolute atomic E-state index is 12.8. The first-order valence-corrected chi connectivity index (χ1v) is 5.87. The molecule has 0 fully saturated rings. The number of carboxylic acids is 1. The van der Waals surface area contributed by atoms with Crippen LogP contribution in [0, 0.1) is 11.7 Å². The Morgan fingerprint density at radius 3 is 2.84 bits per heavy atom. The van der Waals surface area contributed by atoms with E-state index in [0.717, 1.165) is 0 Å². The van der Waals surface area contributed by atoms with Crippen LogP contribution < -0.4 is 10.1 Å². The molecule has 2 N–H and O–H groups in total. The van der Waals surface area contributed by atoms with Crippen molar-refractivity contribution in [3.63, 3.8) is 0 Å². The summed E-state index contributed by atoms with van der Waals surface area (Å²) in [5, 5.41) is 11.2. The van der Waals surface area contributed by atoms with Gasteiger partial charge in [-0.2, -0.15) is 0 Å². The van der Waals surface area contributed by atoms with Gasteiger partial charge in [-0.25, -0.2) is 4.39 Å². The van der Waals surface area contributed by atoms with Crippen LogP contribution in [0.4, 0.5) is 4.39 Å². The smallest absolute Gasteiger partial charge is 0.306 e. The number of amides is 1. The molecule has 104 valence electrons. The molecule has 0 heterocycles. The maximum atomic E-state index is 12.8. The summed E-state index contributed by atoms with van der Waals surface area (Å²) in [6.07, 6.45) is 0.348. The van der Waals surface area contributed by atoms with Gasteiger partial charge in [0, 0.05) is 12.6 Å². The topological polar surface area (TPSA) is 75.6 Å². The third kappa shape index (κ3) is 5.85. The second kappa shape index (κ2) is 7.35. The molecule has 1 rings (SSSR count). The van der Waals surface area contributed by atoms with Crippen molar-refractivity contribution in [1.82, 2.24) is 5.32 Å². The van der Waals surface area contributed by atoms with Crippen LogP contribution in [0.3, 0.4) is 0 Å². The van der Waals surface area contributed by atoms with Gasteiger partial charge in [0.05, 0.1) is 5.92 Å². The zero-order chi connectivity index (χ0) is 14.3. The van der Waals surface area contributed by atoms with E-state index in [9.17, 15) is 14.0 Å². The number of ether oxygens (including phenoxy) is 1. The summed E-state index contributed by atoms with van der Waals surface area (Å²) >= 11 is 0. The standard InChI is InChI=1S/C13H16FNO4/c1-9(13(17)18)5-6-15-12(16)8-19-11-4-2-3-10(14)7-11/h2-4,7,9H,5-6,8H2,1H3,(H,15,16)(H,17,18). The Morgan fingerprint density at radius 1 is 1.47 bits per heavy atom. The van der Waals surface area contributed by atoms with Crippen molar-refractivity contribution in [3.05, 3.63) is 30.1 Å². The summed E-state index contributed by atoms with van der Waals surface area (Å²) in [6.45, 7) is 1.60. The number of carboxylic acid groups (broad SMARTS) is 1. The first-order valence-electron chi connectivity index (χ1n) is 5.87. The Labute approximate surface area is 110 Å². The maximum Gasteiger partial charge on any atom is 0.306 e. The molecule has 0 spiro atoms. The largest absolute Gasteiger partial charge is 0.484 e. The van der Waals surface area contributed by atoms with E-state index in [1.807, 2.05) is 0 Å². The number of rotatable bonds is 7. The Kier molecular flexibility index (Phi) is 5.78. The van der Waals surface area contributed by atoms with Crippen LogP contribution in [0.2, 0.25) is 0 Å². The number of hydrogen-bond donors (Lipinski definition) is 2. The van der Waals surface area contributed by atoms with Gasteiger partial charge < -0.3 is 15.2 Å².